The lowest BCUT2D eigenvalue weighted by molar-refractivity contribution is -0.0688. The van der Waals surface area contributed by atoms with Crippen LogP contribution < -0.4 is 4.74 Å². The summed E-state index contributed by atoms with van der Waals surface area (Å²) in [5.74, 6) is 1.68. The van der Waals surface area contributed by atoms with E-state index in [2.05, 4.69) is 74.5 Å². The standard InChI is InChI=1S/C26H28O2/c1-4-18(2)20-13-15-21(16-14-20)28-19(3)27-17-26-24-11-7-5-9-22(24)23-10-6-8-12-25(23)26/h5-16,18-19,26H,4,17H2,1-3H3. The van der Waals surface area contributed by atoms with E-state index in [-0.39, 0.29) is 12.2 Å². The predicted octanol–water partition coefficient (Wildman–Crippen LogP) is 6.75. The molecule has 0 bridgehead atoms. The summed E-state index contributed by atoms with van der Waals surface area (Å²) in [5, 5.41) is 0. The fourth-order valence-electron chi connectivity index (χ4n) is 4.01. The topological polar surface area (TPSA) is 18.5 Å². The molecule has 0 heterocycles. The minimum Gasteiger partial charge on any atom is -0.465 e. The van der Waals surface area contributed by atoms with Crippen LogP contribution in [0.2, 0.25) is 0 Å². The third-order valence-corrected chi connectivity index (χ3v) is 5.82. The first-order valence-electron chi connectivity index (χ1n) is 10.2. The quantitative estimate of drug-likeness (QED) is 0.427. The average molecular weight is 373 g/mol. The number of hydrogen-bond acceptors (Lipinski definition) is 2. The van der Waals surface area contributed by atoms with Crippen molar-refractivity contribution >= 4 is 0 Å². The minimum absolute atomic E-state index is 0.256. The van der Waals surface area contributed by atoms with Crippen molar-refractivity contribution < 1.29 is 9.47 Å². The summed E-state index contributed by atoms with van der Waals surface area (Å²) >= 11 is 0. The van der Waals surface area contributed by atoms with Crippen LogP contribution in [0, 0.1) is 0 Å². The fourth-order valence-corrected chi connectivity index (χ4v) is 4.01. The molecule has 2 unspecified atom stereocenters. The van der Waals surface area contributed by atoms with Gasteiger partial charge >= 0.3 is 0 Å². The first-order chi connectivity index (χ1) is 13.7. The van der Waals surface area contributed by atoms with E-state index < -0.39 is 0 Å². The van der Waals surface area contributed by atoms with Gasteiger partial charge in [-0.25, -0.2) is 0 Å². The van der Waals surface area contributed by atoms with Crippen molar-refractivity contribution in [3.8, 4) is 16.9 Å². The molecular weight excluding hydrogens is 344 g/mol. The van der Waals surface area contributed by atoms with Crippen molar-refractivity contribution in [2.75, 3.05) is 6.61 Å². The van der Waals surface area contributed by atoms with E-state index in [1.54, 1.807) is 0 Å². The number of benzene rings is 3. The highest BCUT2D eigenvalue weighted by Crippen LogP contribution is 2.44. The Morgan fingerprint density at radius 1 is 0.786 bits per heavy atom. The van der Waals surface area contributed by atoms with Gasteiger partial charge in [0.05, 0.1) is 6.61 Å². The van der Waals surface area contributed by atoms with E-state index in [0.717, 1.165) is 12.2 Å². The second-order valence-corrected chi connectivity index (χ2v) is 7.62. The molecule has 1 aliphatic rings. The predicted molar refractivity (Wildman–Crippen MR) is 115 cm³/mol. The zero-order chi connectivity index (χ0) is 19.5. The van der Waals surface area contributed by atoms with Crippen LogP contribution in [0.1, 0.15) is 55.7 Å². The molecule has 3 aromatic carbocycles. The molecule has 2 nitrogen and oxygen atoms in total. The molecule has 0 aliphatic heterocycles. The second-order valence-electron chi connectivity index (χ2n) is 7.62. The van der Waals surface area contributed by atoms with Gasteiger partial charge in [-0.1, -0.05) is 74.5 Å². The molecular formula is C26H28O2. The molecule has 0 radical (unpaired) electrons. The van der Waals surface area contributed by atoms with Crippen molar-refractivity contribution in [1.29, 1.82) is 0 Å². The molecule has 0 amide bonds. The van der Waals surface area contributed by atoms with E-state index in [4.69, 9.17) is 9.47 Å². The van der Waals surface area contributed by atoms with E-state index in [1.807, 2.05) is 19.1 Å². The van der Waals surface area contributed by atoms with Crippen LogP contribution in [-0.4, -0.2) is 12.9 Å². The molecule has 1 aliphatic carbocycles. The Bertz CT molecular complexity index is 884. The summed E-state index contributed by atoms with van der Waals surface area (Å²) in [5.41, 5.74) is 6.67. The smallest absolute Gasteiger partial charge is 0.197 e. The molecule has 4 rings (SSSR count). The lowest BCUT2D eigenvalue weighted by Gasteiger charge is -2.20. The number of fused-ring (bicyclic) bond motifs is 3. The molecule has 2 heteroatoms. The summed E-state index contributed by atoms with van der Waals surface area (Å²) < 4.78 is 12.1. The first-order valence-corrected chi connectivity index (χ1v) is 10.2. The fraction of sp³-hybridized carbons (Fsp3) is 0.308. The zero-order valence-corrected chi connectivity index (χ0v) is 16.9. The summed E-state index contributed by atoms with van der Waals surface area (Å²) in [6.07, 6.45) is 0.846. The lowest BCUT2D eigenvalue weighted by atomic mass is 9.98. The van der Waals surface area contributed by atoms with Gasteiger partial charge in [-0.05, 0) is 59.2 Å². The molecule has 28 heavy (non-hydrogen) atoms. The molecule has 0 spiro atoms. The lowest BCUT2D eigenvalue weighted by Crippen LogP contribution is -2.20. The summed E-state index contributed by atoms with van der Waals surface area (Å²) in [7, 11) is 0. The Labute approximate surface area is 168 Å². The molecule has 0 N–H and O–H groups in total. The van der Waals surface area contributed by atoms with Crippen LogP contribution >= 0.6 is 0 Å². The molecule has 3 aromatic rings. The Hall–Kier alpha value is -2.58. The summed E-state index contributed by atoms with van der Waals surface area (Å²) in [6, 6.07) is 25.6. The Morgan fingerprint density at radius 3 is 1.93 bits per heavy atom. The SMILES string of the molecule is CCC(C)c1ccc(OC(C)OCC2c3ccccc3-c3ccccc32)cc1. The Morgan fingerprint density at radius 2 is 1.36 bits per heavy atom. The van der Waals surface area contributed by atoms with Crippen molar-refractivity contribution in [2.45, 2.75) is 45.3 Å². The number of hydrogen-bond donors (Lipinski definition) is 0. The molecule has 2 atom stereocenters. The highest BCUT2D eigenvalue weighted by molar-refractivity contribution is 5.78. The van der Waals surface area contributed by atoms with Crippen LogP contribution in [0.3, 0.4) is 0 Å². The van der Waals surface area contributed by atoms with Gasteiger partial charge in [0.15, 0.2) is 6.29 Å². The molecule has 144 valence electrons. The van der Waals surface area contributed by atoms with Crippen molar-refractivity contribution in [1.82, 2.24) is 0 Å². The van der Waals surface area contributed by atoms with Gasteiger partial charge < -0.3 is 9.47 Å². The van der Waals surface area contributed by atoms with Crippen LogP contribution in [0.25, 0.3) is 11.1 Å². The van der Waals surface area contributed by atoms with E-state index in [1.165, 1.54) is 27.8 Å². The minimum atomic E-state index is -0.297. The highest BCUT2D eigenvalue weighted by atomic mass is 16.7. The molecule has 0 saturated carbocycles. The third-order valence-electron chi connectivity index (χ3n) is 5.82. The van der Waals surface area contributed by atoms with E-state index in [0.29, 0.717) is 12.5 Å². The number of rotatable bonds is 7. The summed E-state index contributed by atoms with van der Waals surface area (Å²) in [6.45, 7) is 7.04. The highest BCUT2D eigenvalue weighted by Gasteiger charge is 2.28. The van der Waals surface area contributed by atoms with Crippen molar-refractivity contribution in [3.63, 3.8) is 0 Å². The maximum atomic E-state index is 6.12. The van der Waals surface area contributed by atoms with Crippen molar-refractivity contribution in [2.24, 2.45) is 0 Å². The Kier molecular flexibility index (Phi) is 5.50. The number of ether oxygens (including phenoxy) is 2. The van der Waals surface area contributed by atoms with Gasteiger partial charge in [0.2, 0.25) is 0 Å². The monoisotopic (exact) mass is 372 g/mol. The van der Waals surface area contributed by atoms with Gasteiger partial charge in [0.25, 0.3) is 0 Å². The normalized spacial score (nSPS) is 15.0. The summed E-state index contributed by atoms with van der Waals surface area (Å²) in [4.78, 5) is 0. The maximum absolute atomic E-state index is 6.12. The van der Waals surface area contributed by atoms with Gasteiger partial charge in [-0.15, -0.1) is 0 Å². The van der Waals surface area contributed by atoms with Gasteiger partial charge in [0, 0.05) is 5.92 Å². The van der Waals surface area contributed by atoms with Gasteiger partial charge in [-0.2, -0.15) is 0 Å². The van der Waals surface area contributed by atoms with Crippen LogP contribution in [0.4, 0.5) is 0 Å². The van der Waals surface area contributed by atoms with E-state index in [9.17, 15) is 0 Å². The van der Waals surface area contributed by atoms with Crippen LogP contribution in [-0.2, 0) is 4.74 Å². The van der Waals surface area contributed by atoms with Crippen LogP contribution in [0.5, 0.6) is 5.75 Å². The largest absolute Gasteiger partial charge is 0.465 e. The van der Waals surface area contributed by atoms with Gasteiger partial charge in [-0.3, -0.25) is 0 Å². The Balaban J connectivity index is 1.42. The van der Waals surface area contributed by atoms with Crippen molar-refractivity contribution in [3.05, 3.63) is 89.5 Å². The second kappa shape index (κ2) is 8.20. The molecule has 0 saturated heterocycles. The van der Waals surface area contributed by atoms with E-state index >= 15 is 0 Å². The van der Waals surface area contributed by atoms with Gasteiger partial charge in [0.1, 0.15) is 5.75 Å². The van der Waals surface area contributed by atoms with Crippen LogP contribution in [0.15, 0.2) is 72.8 Å². The molecule has 0 aromatic heterocycles. The maximum Gasteiger partial charge on any atom is 0.197 e. The first kappa shape index (κ1) is 18.8. The average Bonchev–Trinajstić information content (AvgIpc) is 3.06. The molecule has 0 fully saturated rings. The zero-order valence-electron chi connectivity index (χ0n) is 16.9. The third kappa shape index (κ3) is 3.70.